The first-order chi connectivity index (χ1) is 11.6. The lowest BCUT2D eigenvalue weighted by Crippen LogP contribution is -2.53. The fourth-order valence-corrected chi connectivity index (χ4v) is 4.48. The Bertz CT molecular complexity index is 666. The highest BCUT2D eigenvalue weighted by atomic mass is 16.5. The van der Waals surface area contributed by atoms with Crippen LogP contribution >= 0.6 is 0 Å². The molecule has 1 aromatic rings. The van der Waals surface area contributed by atoms with Gasteiger partial charge in [0.25, 0.3) is 0 Å². The summed E-state index contributed by atoms with van der Waals surface area (Å²) in [4.78, 5) is 26.9. The fraction of sp³-hybridized carbons (Fsp3) is 0.579. The Morgan fingerprint density at radius 3 is 2.79 bits per heavy atom. The van der Waals surface area contributed by atoms with Crippen molar-refractivity contribution in [3.63, 3.8) is 0 Å². The summed E-state index contributed by atoms with van der Waals surface area (Å²) in [6, 6.07) is 7.82. The van der Waals surface area contributed by atoms with E-state index in [4.69, 9.17) is 4.74 Å². The summed E-state index contributed by atoms with van der Waals surface area (Å²) in [5.74, 6) is 0.272. The third-order valence-corrected chi connectivity index (χ3v) is 5.75. The number of amides is 2. The molecule has 2 atom stereocenters. The zero-order valence-electron chi connectivity index (χ0n) is 14.1. The molecule has 1 aromatic carbocycles. The van der Waals surface area contributed by atoms with Crippen LogP contribution in [-0.2, 0) is 19.7 Å². The van der Waals surface area contributed by atoms with Crippen molar-refractivity contribution in [3.8, 4) is 0 Å². The maximum atomic E-state index is 13.2. The number of piperidine rings is 1. The maximum Gasteiger partial charge on any atom is 0.249 e. The molecule has 0 aromatic heterocycles. The number of benzene rings is 1. The zero-order valence-corrected chi connectivity index (χ0v) is 14.1. The molecule has 1 spiro atoms. The van der Waals surface area contributed by atoms with Crippen LogP contribution in [0.5, 0.6) is 0 Å². The minimum atomic E-state index is -0.399. The second kappa shape index (κ2) is 5.88. The molecule has 5 nitrogen and oxygen atoms in total. The maximum absolute atomic E-state index is 13.2. The lowest BCUT2D eigenvalue weighted by atomic mass is 9.76. The first-order valence-electron chi connectivity index (χ1n) is 8.87. The molecule has 0 saturated carbocycles. The molecule has 4 rings (SSSR count). The van der Waals surface area contributed by atoms with Crippen molar-refractivity contribution in [3.05, 3.63) is 29.8 Å². The predicted molar refractivity (Wildman–Crippen MR) is 90.9 cm³/mol. The smallest absolute Gasteiger partial charge is 0.249 e. The minimum absolute atomic E-state index is 0.00873. The highest BCUT2D eigenvalue weighted by molar-refractivity contribution is 6.01. The summed E-state index contributed by atoms with van der Waals surface area (Å²) in [5.41, 5.74) is 2.28. The largest absolute Gasteiger partial charge is 0.381 e. The van der Waals surface area contributed by atoms with E-state index >= 15 is 0 Å². The second-order valence-corrected chi connectivity index (χ2v) is 7.50. The third-order valence-electron chi connectivity index (χ3n) is 5.75. The van der Waals surface area contributed by atoms with Crippen molar-refractivity contribution in [2.45, 2.75) is 44.1 Å². The highest BCUT2D eigenvalue weighted by Gasteiger charge is 2.46. The SMILES string of the molecule is C[C@@H]1CC(=O)N[C@H](C(=O)N2CC3(CCOCC3)c3ccccc32)C1. The molecule has 0 radical (unpaired) electrons. The molecule has 0 bridgehead atoms. The minimum Gasteiger partial charge on any atom is -0.381 e. The van der Waals surface area contributed by atoms with E-state index < -0.39 is 6.04 Å². The number of carbonyl (C=O) groups excluding carboxylic acids is 2. The Kier molecular flexibility index (Phi) is 3.83. The summed E-state index contributed by atoms with van der Waals surface area (Å²) in [5, 5.41) is 2.89. The topological polar surface area (TPSA) is 58.6 Å². The Morgan fingerprint density at radius 1 is 1.29 bits per heavy atom. The first kappa shape index (κ1) is 15.6. The van der Waals surface area contributed by atoms with Gasteiger partial charge in [0.15, 0.2) is 0 Å². The molecule has 1 N–H and O–H groups in total. The van der Waals surface area contributed by atoms with Gasteiger partial charge in [0.1, 0.15) is 6.04 Å². The predicted octanol–water partition coefficient (Wildman–Crippen LogP) is 2.00. The van der Waals surface area contributed by atoms with Crippen LogP contribution in [0, 0.1) is 5.92 Å². The number of ether oxygens (including phenoxy) is 1. The van der Waals surface area contributed by atoms with Crippen LogP contribution < -0.4 is 10.2 Å². The van der Waals surface area contributed by atoms with Gasteiger partial charge in [-0.2, -0.15) is 0 Å². The van der Waals surface area contributed by atoms with Crippen molar-refractivity contribution >= 4 is 17.5 Å². The molecule has 3 aliphatic rings. The molecule has 3 aliphatic heterocycles. The number of para-hydroxylation sites is 1. The normalized spacial score (nSPS) is 28.5. The number of hydrogen-bond acceptors (Lipinski definition) is 3. The molecule has 128 valence electrons. The van der Waals surface area contributed by atoms with Gasteiger partial charge in [-0.05, 0) is 36.8 Å². The van der Waals surface area contributed by atoms with Gasteiger partial charge in [-0.1, -0.05) is 25.1 Å². The summed E-state index contributed by atoms with van der Waals surface area (Å²) < 4.78 is 5.55. The average molecular weight is 328 g/mol. The highest BCUT2D eigenvalue weighted by Crippen LogP contribution is 2.46. The molecule has 5 heteroatoms. The van der Waals surface area contributed by atoms with Crippen LogP contribution in [0.4, 0.5) is 5.69 Å². The molecule has 2 fully saturated rings. The van der Waals surface area contributed by atoms with E-state index in [0.29, 0.717) is 13.0 Å². The Balaban J connectivity index is 1.64. The lowest BCUT2D eigenvalue weighted by molar-refractivity contribution is -0.130. The van der Waals surface area contributed by atoms with Gasteiger partial charge in [0.2, 0.25) is 11.8 Å². The van der Waals surface area contributed by atoms with Crippen molar-refractivity contribution in [1.29, 1.82) is 0 Å². The standard InChI is InChI=1S/C19H24N2O3/c1-13-10-15(20-17(22)11-13)18(23)21-12-19(6-8-24-9-7-19)14-4-2-3-5-16(14)21/h2-5,13,15H,6-12H2,1H3,(H,20,22)/t13-,15-/m0/s1. The molecular weight excluding hydrogens is 304 g/mol. The van der Waals surface area contributed by atoms with Gasteiger partial charge in [0.05, 0.1) is 0 Å². The van der Waals surface area contributed by atoms with E-state index in [1.165, 1.54) is 5.56 Å². The second-order valence-electron chi connectivity index (χ2n) is 7.50. The van der Waals surface area contributed by atoms with Crippen molar-refractivity contribution in [2.24, 2.45) is 5.92 Å². The van der Waals surface area contributed by atoms with E-state index in [1.54, 1.807) is 0 Å². The van der Waals surface area contributed by atoms with Gasteiger partial charge >= 0.3 is 0 Å². The van der Waals surface area contributed by atoms with Gasteiger partial charge in [-0.15, -0.1) is 0 Å². The van der Waals surface area contributed by atoms with E-state index in [2.05, 4.69) is 17.4 Å². The number of fused-ring (bicyclic) bond motifs is 2. The van der Waals surface area contributed by atoms with E-state index in [9.17, 15) is 9.59 Å². The van der Waals surface area contributed by atoms with Crippen LogP contribution in [-0.4, -0.2) is 37.6 Å². The number of rotatable bonds is 1. The number of carbonyl (C=O) groups is 2. The lowest BCUT2D eigenvalue weighted by Gasteiger charge is -2.35. The average Bonchev–Trinajstić information content (AvgIpc) is 2.89. The molecule has 24 heavy (non-hydrogen) atoms. The zero-order chi connectivity index (χ0) is 16.7. The monoisotopic (exact) mass is 328 g/mol. The Hall–Kier alpha value is -1.88. The van der Waals surface area contributed by atoms with Crippen LogP contribution in [0.25, 0.3) is 0 Å². The Labute approximate surface area is 142 Å². The molecular formula is C19H24N2O3. The molecule has 2 saturated heterocycles. The van der Waals surface area contributed by atoms with E-state index in [-0.39, 0.29) is 23.1 Å². The van der Waals surface area contributed by atoms with Crippen LogP contribution in [0.2, 0.25) is 0 Å². The van der Waals surface area contributed by atoms with Gasteiger partial charge in [-0.25, -0.2) is 0 Å². The van der Waals surface area contributed by atoms with E-state index in [1.807, 2.05) is 24.0 Å². The summed E-state index contributed by atoms with van der Waals surface area (Å²) in [6.45, 7) is 4.23. The third kappa shape index (κ3) is 2.51. The van der Waals surface area contributed by atoms with E-state index in [0.717, 1.165) is 38.2 Å². The van der Waals surface area contributed by atoms with Crippen molar-refractivity contribution in [2.75, 3.05) is 24.7 Å². The van der Waals surface area contributed by atoms with Crippen LogP contribution in [0.15, 0.2) is 24.3 Å². The van der Waals surface area contributed by atoms with Gasteiger partial charge in [-0.3, -0.25) is 9.59 Å². The quantitative estimate of drug-likeness (QED) is 0.858. The summed E-state index contributed by atoms with van der Waals surface area (Å²) in [7, 11) is 0. The van der Waals surface area contributed by atoms with Crippen molar-refractivity contribution < 1.29 is 14.3 Å². The summed E-state index contributed by atoms with van der Waals surface area (Å²) in [6.07, 6.45) is 3.13. The van der Waals surface area contributed by atoms with Crippen LogP contribution in [0.3, 0.4) is 0 Å². The first-order valence-corrected chi connectivity index (χ1v) is 8.87. The number of nitrogens with one attached hydrogen (secondary N) is 1. The van der Waals surface area contributed by atoms with Gasteiger partial charge < -0.3 is 15.0 Å². The Morgan fingerprint density at radius 2 is 2.04 bits per heavy atom. The molecule has 0 aliphatic carbocycles. The van der Waals surface area contributed by atoms with Crippen LogP contribution in [0.1, 0.15) is 38.2 Å². The number of anilines is 1. The summed E-state index contributed by atoms with van der Waals surface area (Å²) >= 11 is 0. The molecule has 0 unspecified atom stereocenters. The molecule has 2 amide bonds. The van der Waals surface area contributed by atoms with Crippen molar-refractivity contribution in [1.82, 2.24) is 5.32 Å². The molecule has 3 heterocycles. The fourth-order valence-electron chi connectivity index (χ4n) is 4.48. The van der Waals surface area contributed by atoms with Gasteiger partial charge in [0, 0.05) is 37.3 Å². The number of nitrogens with zero attached hydrogens (tertiary/aromatic N) is 1. The number of hydrogen-bond donors (Lipinski definition) is 1.